The number of hydrogen-bond donors (Lipinski definition) is 1. The van der Waals surface area contributed by atoms with Gasteiger partial charge in [0.1, 0.15) is 11.6 Å². The number of halogens is 2. The van der Waals surface area contributed by atoms with Crippen LogP contribution in [0.3, 0.4) is 0 Å². The molecule has 1 amide bonds. The zero-order valence-electron chi connectivity index (χ0n) is 11.7. The Labute approximate surface area is 117 Å². The van der Waals surface area contributed by atoms with E-state index in [4.69, 9.17) is 0 Å². The minimum Gasteiger partial charge on any atom is -0.388 e. The van der Waals surface area contributed by atoms with Crippen LogP contribution >= 0.6 is 0 Å². The number of carbonyl (C=O) groups is 1. The lowest BCUT2D eigenvalue weighted by atomic mass is 10.0. The second-order valence-electron chi connectivity index (χ2n) is 5.67. The summed E-state index contributed by atoms with van der Waals surface area (Å²) in [5.74, 6) is -2.08. The molecule has 1 N–H and O–H groups in total. The van der Waals surface area contributed by atoms with E-state index in [-0.39, 0.29) is 17.7 Å². The third kappa shape index (κ3) is 2.98. The van der Waals surface area contributed by atoms with Gasteiger partial charge in [-0.05, 0) is 31.4 Å². The van der Waals surface area contributed by atoms with Crippen LogP contribution < -0.4 is 0 Å². The Hall–Kier alpha value is -1.49. The smallest absolute Gasteiger partial charge is 0.256 e. The molecule has 0 unspecified atom stereocenters. The van der Waals surface area contributed by atoms with Gasteiger partial charge in [0.15, 0.2) is 0 Å². The number of aliphatic hydroxyl groups is 1. The van der Waals surface area contributed by atoms with Gasteiger partial charge < -0.3 is 10.0 Å². The molecule has 1 aromatic carbocycles. The molecule has 5 heteroatoms. The molecule has 1 aliphatic rings. The summed E-state index contributed by atoms with van der Waals surface area (Å²) in [6.07, 6.45) is 3.16. The van der Waals surface area contributed by atoms with Crippen molar-refractivity contribution < 1.29 is 18.7 Å². The number of rotatable bonds is 3. The van der Waals surface area contributed by atoms with E-state index in [1.165, 1.54) is 24.9 Å². The van der Waals surface area contributed by atoms with Gasteiger partial charge in [-0.25, -0.2) is 8.78 Å². The maximum atomic E-state index is 13.7. The molecule has 0 aromatic heterocycles. The van der Waals surface area contributed by atoms with Crippen molar-refractivity contribution in [3.63, 3.8) is 0 Å². The highest BCUT2D eigenvalue weighted by Crippen LogP contribution is 2.30. The lowest BCUT2D eigenvalue weighted by Crippen LogP contribution is -2.42. The fourth-order valence-electron chi connectivity index (χ4n) is 2.73. The fraction of sp³-hybridized carbons (Fsp3) is 0.533. The molecule has 0 heterocycles. The van der Waals surface area contributed by atoms with E-state index in [0.717, 1.165) is 18.9 Å². The molecular weight excluding hydrogens is 264 g/mol. The predicted molar refractivity (Wildman–Crippen MR) is 71.5 cm³/mol. The molecule has 0 atom stereocenters. The minimum atomic E-state index is -0.879. The molecule has 3 nitrogen and oxygen atoms in total. The van der Waals surface area contributed by atoms with Crippen LogP contribution in [-0.4, -0.2) is 35.1 Å². The third-order valence-electron chi connectivity index (χ3n) is 3.89. The first kappa shape index (κ1) is 14.9. The number of likely N-dealkylation sites (N-methyl/N-ethyl adjacent to an activating group) is 1. The standard InChI is InChI=1S/C15H19F2NO2/c1-10-7-11(13(17)8-12(10)16)14(19)18(2)9-15(20)5-3-4-6-15/h7-8,20H,3-6,9H2,1-2H3. The van der Waals surface area contributed by atoms with Crippen LogP contribution in [0.4, 0.5) is 8.78 Å². The second kappa shape index (κ2) is 5.48. The number of nitrogens with zero attached hydrogens (tertiary/aromatic N) is 1. The monoisotopic (exact) mass is 283 g/mol. The molecule has 0 saturated heterocycles. The van der Waals surface area contributed by atoms with Crippen LogP contribution in [0.5, 0.6) is 0 Å². The summed E-state index contributed by atoms with van der Waals surface area (Å²) in [4.78, 5) is 13.5. The molecular formula is C15H19F2NO2. The molecule has 0 radical (unpaired) electrons. The number of benzene rings is 1. The average molecular weight is 283 g/mol. The van der Waals surface area contributed by atoms with Crippen molar-refractivity contribution in [1.29, 1.82) is 0 Å². The Morgan fingerprint density at radius 3 is 2.50 bits per heavy atom. The number of hydrogen-bond acceptors (Lipinski definition) is 2. The Bertz CT molecular complexity index is 525. The van der Waals surface area contributed by atoms with Crippen LogP contribution in [0.25, 0.3) is 0 Å². The largest absolute Gasteiger partial charge is 0.388 e. The van der Waals surface area contributed by atoms with Gasteiger partial charge in [0.2, 0.25) is 0 Å². The van der Waals surface area contributed by atoms with Crippen molar-refractivity contribution in [3.05, 3.63) is 34.9 Å². The Morgan fingerprint density at radius 1 is 1.30 bits per heavy atom. The normalized spacial score (nSPS) is 17.2. The molecule has 110 valence electrons. The molecule has 0 spiro atoms. The van der Waals surface area contributed by atoms with Gasteiger partial charge >= 0.3 is 0 Å². The van der Waals surface area contributed by atoms with Crippen LogP contribution in [0, 0.1) is 18.6 Å². The van der Waals surface area contributed by atoms with Gasteiger partial charge in [-0.2, -0.15) is 0 Å². The van der Waals surface area contributed by atoms with Crippen molar-refractivity contribution in [2.24, 2.45) is 0 Å². The second-order valence-corrected chi connectivity index (χ2v) is 5.67. The molecule has 1 saturated carbocycles. The molecule has 1 aliphatic carbocycles. The van der Waals surface area contributed by atoms with E-state index >= 15 is 0 Å². The number of carbonyl (C=O) groups excluding carboxylic acids is 1. The molecule has 0 aliphatic heterocycles. The summed E-state index contributed by atoms with van der Waals surface area (Å²) in [5.41, 5.74) is -0.814. The summed E-state index contributed by atoms with van der Waals surface area (Å²) < 4.78 is 26.9. The van der Waals surface area contributed by atoms with E-state index in [9.17, 15) is 18.7 Å². The quantitative estimate of drug-likeness (QED) is 0.926. The van der Waals surface area contributed by atoms with E-state index in [0.29, 0.717) is 12.8 Å². The fourth-order valence-corrected chi connectivity index (χ4v) is 2.73. The summed E-state index contributed by atoms with van der Waals surface area (Å²) >= 11 is 0. The topological polar surface area (TPSA) is 40.5 Å². The van der Waals surface area contributed by atoms with Crippen molar-refractivity contribution in [2.45, 2.75) is 38.2 Å². The summed E-state index contributed by atoms with van der Waals surface area (Å²) in [6.45, 7) is 1.65. The SMILES string of the molecule is Cc1cc(C(=O)N(C)CC2(O)CCCC2)c(F)cc1F. The first-order valence-corrected chi connectivity index (χ1v) is 6.76. The number of amides is 1. The Morgan fingerprint density at radius 2 is 1.90 bits per heavy atom. The van der Waals surface area contributed by atoms with Crippen LogP contribution in [0.1, 0.15) is 41.6 Å². The summed E-state index contributed by atoms with van der Waals surface area (Å²) in [6, 6.07) is 1.93. The van der Waals surface area contributed by atoms with Gasteiger partial charge in [-0.1, -0.05) is 12.8 Å². The lowest BCUT2D eigenvalue weighted by molar-refractivity contribution is 0.0155. The van der Waals surface area contributed by atoms with Gasteiger partial charge in [0, 0.05) is 19.7 Å². The van der Waals surface area contributed by atoms with E-state index < -0.39 is 23.1 Å². The molecule has 20 heavy (non-hydrogen) atoms. The van der Waals surface area contributed by atoms with Crippen molar-refractivity contribution in [3.8, 4) is 0 Å². The highest BCUT2D eigenvalue weighted by atomic mass is 19.1. The number of aryl methyl sites for hydroxylation is 1. The predicted octanol–water partition coefficient (Wildman–Crippen LogP) is 2.65. The minimum absolute atomic E-state index is 0.159. The zero-order chi connectivity index (χ0) is 14.9. The lowest BCUT2D eigenvalue weighted by Gasteiger charge is -2.28. The van der Waals surface area contributed by atoms with Gasteiger partial charge in [-0.3, -0.25) is 4.79 Å². The molecule has 1 fully saturated rings. The van der Waals surface area contributed by atoms with Crippen LogP contribution in [0.2, 0.25) is 0 Å². The third-order valence-corrected chi connectivity index (χ3v) is 3.89. The maximum absolute atomic E-state index is 13.7. The maximum Gasteiger partial charge on any atom is 0.256 e. The first-order valence-electron chi connectivity index (χ1n) is 6.76. The highest BCUT2D eigenvalue weighted by molar-refractivity contribution is 5.94. The van der Waals surface area contributed by atoms with Crippen molar-refractivity contribution in [2.75, 3.05) is 13.6 Å². The van der Waals surface area contributed by atoms with Crippen molar-refractivity contribution in [1.82, 2.24) is 4.90 Å². The zero-order valence-corrected chi connectivity index (χ0v) is 11.7. The highest BCUT2D eigenvalue weighted by Gasteiger charge is 2.34. The molecule has 0 bridgehead atoms. The Kier molecular flexibility index (Phi) is 4.09. The van der Waals surface area contributed by atoms with Crippen LogP contribution in [-0.2, 0) is 0 Å². The summed E-state index contributed by atoms with van der Waals surface area (Å²) in [7, 11) is 1.52. The Balaban J connectivity index is 2.16. The van der Waals surface area contributed by atoms with Gasteiger partial charge in [0.25, 0.3) is 5.91 Å². The average Bonchev–Trinajstić information content (AvgIpc) is 2.79. The van der Waals surface area contributed by atoms with E-state index in [2.05, 4.69) is 0 Å². The van der Waals surface area contributed by atoms with E-state index in [1.54, 1.807) is 0 Å². The first-order chi connectivity index (χ1) is 9.32. The van der Waals surface area contributed by atoms with E-state index in [1.807, 2.05) is 0 Å². The summed E-state index contributed by atoms with van der Waals surface area (Å²) in [5, 5.41) is 10.3. The van der Waals surface area contributed by atoms with Gasteiger partial charge in [0.05, 0.1) is 11.2 Å². The molecule has 1 aromatic rings. The molecule has 2 rings (SSSR count). The van der Waals surface area contributed by atoms with Crippen LogP contribution in [0.15, 0.2) is 12.1 Å². The van der Waals surface area contributed by atoms with Gasteiger partial charge in [-0.15, -0.1) is 0 Å². The van der Waals surface area contributed by atoms with Crippen molar-refractivity contribution >= 4 is 5.91 Å².